The Morgan fingerprint density at radius 1 is 1.04 bits per heavy atom. The zero-order valence-corrected chi connectivity index (χ0v) is 15.3. The van der Waals surface area contributed by atoms with Crippen molar-refractivity contribution in [3.8, 4) is 11.5 Å². The molecule has 0 heterocycles. The Hall–Kier alpha value is -2.73. The lowest BCUT2D eigenvalue weighted by Gasteiger charge is -2.22. The highest BCUT2D eigenvalue weighted by molar-refractivity contribution is 6.30. The third kappa shape index (κ3) is 5.13. The van der Waals surface area contributed by atoms with Crippen molar-refractivity contribution in [2.75, 3.05) is 20.8 Å². The molecular formula is C19H20ClNO5. The fourth-order valence-electron chi connectivity index (χ4n) is 2.57. The van der Waals surface area contributed by atoms with Crippen molar-refractivity contribution >= 4 is 23.5 Å². The first-order chi connectivity index (χ1) is 12.4. The molecule has 2 aromatic carbocycles. The van der Waals surface area contributed by atoms with Crippen LogP contribution >= 0.6 is 11.6 Å². The van der Waals surface area contributed by atoms with E-state index >= 15 is 0 Å². The molecule has 26 heavy (non-hydrogen) atoms. The largest absolute Gasteiger partial charge is 0.496 e. The van der Waals surface area contributed by atoms with Crippen LogP contribution in [0.3, 0.4) is 0 Å². The Morgan fingerprint density at radius 2 is 1.62 bits per heavy atom. The summed E-state index contributed by atoms with van der Waals surface area (Å²) in [5, 5.41) is 9.73. The molecule has 0 saturated carbocycles. The van der Waals surface area contributed by atoms with Crippen molar-refractivity contribution in [1.82, 2.24) is 4.90 Å². The maximum absolute atomic E-state index is 12.8. The number of carboxylic acid groups (broad SMARTS) is 1. The maximum atomic E-state index is 12.8. The molecule has 0 aliphatic rings. The molecule has 138 valence electrons. The van der Waals surface area contributed by atoms with Crippen LogP contribution in [0.2, 0.25) is 5.02 Å². The van der Waals surface area contributed by atoms with Gasteiger partial charge in [-0.3, -0.25) is 9.59 Å². The molecule has 0 saturated heterocycles. The fraction of sp³-hybridized carbons (Fsp3) is 0.263. The molecule has 0 atom stereocenters. The highest BCUT2D eigenvalue weighted by Gasteiger charge is 2.21. The van der Waals surface area contributed by atoms with Gasteiger partial charge in [0.15, 0.2) is 0 Å². The smallest absolute Gasteiger partial charge is 0.323 e. The quantitative estimate of drug-likeness (QED) is 0.765. The van der Waals surface area contributed by atoms with Crippen LogP contribution < -0.4 is 9.47 Å². The number of amides is 1. The number of halogens is 1. The van der Waals surface area contributed by atoms with E-state index in [0.29, 0.717) is 22.1 Å². The van der Waals surface area contributed by atoms with E-state index < -0.39 is 12.5 Å². The molecule has 6 nitrogen and oxygen atoms in total. The third-order valence-corrected chi connectivity index (χ3v) is 4.08. The molecule has 7 heteroatoms. The van der Waals surface area contributed by atoms with Gasteiger partial charge in [-0.25, -0.2) is 0 Å². The predicted molar refractivity (Wildman–Crippen MR) is 97.8 cm³/mol. The van der Waals surface area contributed by atoms with Gasteiger partial charge in [0.2, 0.25) is 5.91 Å². The number of methoxy groups -OCH3 is 2. The minimum Gasteiger partial charge on any atom is -0.496 e. The molecule has 0 bridgehead atoms. The second-order valence-electron chi connectivity index (χ2n) is 5.59. The van der Waals surface area contributed by atoms with Gasteiger partial charge in [-0.2, -0.15) is 0 Å². The molecule has 1 N–H and O–H groups in total. The third-order valence-electron chi connectivity index (χ3n) is 3.82. The Balaban J connectivity index is 2.24. The predicted octanol–water partition coefficient (Wildman–Crippen LogP) is 3.01. The van der Waals surface area contributed by atoms with E-state index in [9.17, 15) is 9.59 Å². The molecule has 0 radical (unpaired) electrons. The normalized spacial score (nSPS) is 10.3. The minimum atomic E-state index is -1.08. The van der Waals surface area contributed by atoms with Gasteiger partial charge in [-0.15, -0.1) is 0 Å². The summed E-state index contributed by atoms with van der Waals surface area (Å²) in [6.07, 6.45) is -0.0337. The topological polar surface area (TPSA) is 76.1 Å². The zero-order valence-electron chi connectivity index (χ0n) is 14.6. The van der Waals surface area contributed by atoms with Crippen molar-refractivity contribution in [2.24, 2.45) is 0 Å². The monoisotopic (exact) mass is 377 g/mol. The van der Waals surface area contributed by atoms with Gasteiger partial charge in [0.25, 0.3) is 0 Å². The summed E-state index contributed by atoms with van der Waals surface area (Å²) < 4.78 is 10.6. The zero-order chi connectivity index (χ0) is 19.1. The van der Waals surface area contributed by atoms with Crippen LogP contribution in [0.25, 0.3) is 0 Å². The Labute approximate surface area is 156 Å². The van der Waals surface area contributed by atoms with Gasteiger partial charge >= 0.3 is 5.97 Å². The van der Waals surface area contributed by atoms with Crippen molar-refractivity contribution in [2.45, 2.75) is 13.0 Å². The summed E-state index contributed by atoms with van der Waals surface area (Å²) >= 11 is 5.87. The first-order valence-electron chi connectivity index (χ1n) is 7.88. The van der Waals surface area contributed by atoms with Crippen LogP contribution in [0, 0.1) is 0 Å². The molecule has 1 amide bonds. The van der Waals surface area contributed by atoms with Gasteiger partial charge < -0.3 is 19.5 Å². The van der Waals surface area contributed by atoms with E-state index in [4.69, 9.17) is 26.2 Å². The highest BCUT2D eigenvalue weighted by Crippen LogP contribution is 2.29. The van der Waals surface area contributed by atoms with E-state index in [0.717, 1.165) is 5.56 Å². The van der Waals surface area contributed by atoms with Crippen LogP contribution in [0.4, 0.5) is 0 Å². The molecular weight excluding hydrogens is 358 g/mol. The highest BCUT2D eigenvalue weighted by atomic mass is 35.5. The van der Waals surface area contributed by atoms with Crippen molar-refractivity contribution in [1.29, 1.82) is 0 Å². The molecule has 2 aromatic rings. The average Bonchev–Trinajstić information content (AvgIpc) is 2.62. The summed E-state index contributed by atoms with van der Waals surface area (Å²) in [4.78, 5) is 25.2. The van der Waals surface area contributed by atoms with Gasteiger partial charge in [0, 0.05) is 17.1 Å². The number of benzene rings is 2. The van der Waals surface area contributed by atoms with Crippen LogP contribution in [0.15, 0.2) is 42.5 Å². The van der Waals surface area contributed by atoms with E-state index in [-0.39, 0.29) is 18.9 Å². The Bertz CT molecular complexity index is 754. The summed E-state index contributed by atoms with van der Waals surface area (Å²) in [6, 6.07) is 12.1. The number of carbonyl (C=O) groups excluding carboxylic acids is 1. The number of aliphatic carboxylic acids is 1. The van der Waals surface area contributed by atoms with Crippen molar-refractivity contribution in [3.63, 3.8) is 0 Å². The molecule has 2 rings (SSSR count). The second-order valence-corrected chi connectivity index (χ2v) is 6.02. The maximum Gasteiger partial charge on any atom is 0.323 e. The van der Waals surface area contributed by atoms with Gasteiger partial charge in [0.1, 0.15) is 18.0 Å². The van der Waals surface area contributed by atoms with Crippen LogP contribution in [-0.4, -0.2) is 42.6 Å². The summed E-state index contributed by atoms with van der Waals surface area (Å²) in [5.41, 5.74) is 1.37. The molecule has 0 aliphatic carbocycles. The van der Waals surface area contributed by atoms with E-state index in [1.807, 2.05) is 0 Å². The molecule has 0 aromatic heterocycles. The van der Waals surface area contributed by atoms with Gasteiger partial charge in [-0.05, 0) is 29.8 Å². The van der Waals surface area contributed by atoms with Crippen LogP contribution in [0.5, 0.6) is 11.5 Å². The first-order valence-corrected chi connectivity index (χ1v) is 8.26. The van der Waals surface area contributed by atoms with Gasteiger partial charge in [0.05, 0.1) is 20.6 Å². The van der Waals surface area contributed by atoms with Crippen molar-refractivity contribution < 1.29 is 24.2 Å². The lowest BCUT2D eigenvalue weighted by molar-refractivity contribution is -0.144. The van der Waals surface area contributed by atoms with Crippen molar-refractivity contribution in [3.05, 3.63) is 58.6 Å². The summed E-state index contributed by atoms with van der Waals surface area (Å²) in [6.45, 7) is -0.237. The standard InChI is InChI=1S/C19H20ClNO5/c1-25-16-4-3-5-17(26-2)15(16)10-18(22)21(12-19(23)24)11-13-6-8-14(20)9-7-13/h3-9H,10-12H2,1-2H3,(H,23,24). The number of carboxylic acids is 1. The molecule has 0 aliphatic heterocycles. The molecule has 0 fully saturated rings. The SMILES string of the molecule is COc1cccc(OC)c1CC(=O)N(CC(=O)O)Cc1ccc(Cl)cc1. The van der Waals surface area contributed by atoms with E-state index in [1.165, 1.54) is 19.1 Å². The number of hydrogen-bond donors (Lipinski definition) is 1. The molecule has 0 unspecified atom stereocenters. The second kappa shape index (κ2) is 9.10. The van der Waals surface area contributed by atoms with Gasteiger partial charge in [-0.1, -0.05) is 29.8 Å². The number of rotatable bonds is 8. The number of carbonyl (C=O) groups is 2. The number of hydrogen-bond acceptors (Lipinski definition) is 4. The van der Waals surface area contributed by atoms with Crippen LogP contribution in [0.1, 0.15) is 11.1 Å². The minimum absolute atomic E-state index is 0.0337. The summed E-state index contributed by atoms with van der Waals surface area (Å²) in [5.74, 6) is -0.400. The average molecular weight is 378 g/mol. The van der Waals surface area contributed by atoms with Crippen LogP contribution in [-0.2, 0) is 22.6 Å². The first kappa shape index (κ1) is 19.6. The number of ether oxygens (including phenoxy) is 2. The Morgan fingerprint density at radius 3 is 2.12 bits per heavy atom. The van der Waals surface area contributed by atoms with E-state index in [1.54, 1.807) is 42.5 Å². The summed E-state index contributed by atoms with van der Waals surface area (Å²) in [7, 11) is 3.01. The number of nitrogens with zero attached hydrogens (tertiary/aromatic N) is 1. The lowest BCUT2D eigenvalue weighted by atomic mass is 10.1. The van der Waals surface area contributed by atoms with E-state index in [2.05, 4.69) is 0 Å². The lowest BCUT2D eigenvalue weighted by Crippen LogP contribution is -2.36. The molecule has 0 spiro atoms. The Kier molecular flexibility index (Phi) is 6.86. The fourth-order valence-corrected chi connectivity index (χ4v) is 2.70.